The smallest absolute Gasteiger partial charge is 0.328 e. The number of ether oxygens (including phenoxy) is 1. The van der Waals surface area contributed by atoms with E-state index in [1.54, 1.807) is 0 Å². The summed E-state index contributed by atoms with van der Waals surface area (Å²) in [6.07, 6.45) is 2.03. The normalized spacial score (nSPS) is 11.9. The summed E-state index contributed by atoms with van der Waals surface area (Å²) in [7, 11) is 0. The second kappa shape index (κ2) is 6.08. The standard InChI is InChI=1S/C14H25N3O2/c1-6-10(7-2)11-8-12(15)17(16-11)9-13(18)19-14(3,4)5/h8,10H,6-7,9,15H2,1-5H3. The van der Waals surface area contributed by atoms with Crippen molar-refractivity contribution in [3.05, 3.63) is 11.8 Å². The number of nitrogens with two attached hydrogens (primary N) is 1. The maximum Gasteiger partial charge on any atom is 0.328 e. The van der Waals surface area contributed by atoms with E-state index in [1.807, 2.05) is 26.8 Å². The predicted octanol–water partition coefficient (Wildman–Crippen LogP) is 2.71. The molecule has 5 nitrogen and oxygen atoms in total. The molecule has 0 saturated heterocycles. The number of hydrogen-bond acceptors (Lipinski definition) is 4. The van der Waals surface area contributed by atoms with Crippen LogP contribution >= 0.6 is 0 Å². The lowest BCUT2D eigenvalue weighted by Crippen LogP contribution is -2.27. The molecular formula is C14H25N3O2. The third-order valence-electron chi connectivity index (χ3n) is 2.93. The fraction of sp³-hybridized carbons (Fsp3) is 0.714. The number of esters is 1. The van der Waals surface area contributed by atoms with Crippen LogP contribution in [0.2, 0.25) is 0 Å². The minimum atomic E-state index is -0.489. The van der Waals surface area contributed by atoms with Crippen LogP contribution in [-0.4, -0.2) is 21.4 Å². The van der Waals surface area contributed by atoms with Crippen molar-refractivity contribution in [1.29, 1.82) is 0 Å². The predicted molar refractivity (Wildman–Crippen MR) is 75.8 cm³/mol. The molecule has 0 atom stereocenters. The van der Waals surface area contributed by atoms with E-state index in [0.717, 1.165) is 18.5 Å². The van der Waals surface area contributed by atoms with E-state index < -0.39 is 5.60 Å². The van der Waals surface area contributed by atoms with Crippen LogP contribution < -0.4 is 5.73 Å². The Bertz CT molecular complexity index is 428. The van der Waals surface area contributed by atoms with E-state index in [4.69, 9.17) is 10.5 Å². The van der Waals surface area contributed by atoms with E-state index in [2.05, 4.69) is 18.9 Å². The summed E-state index contributed by atoms with van der Waals surface area (Å²) in [4.78, 5) is 11.8. The first-order chi connectivity index (χ1) is 8.76. The molecule has 0 spiro atoms. The van der Waals surface area contributed by atoms with Crippen LogP contribution in [0, 0.1) is 0 Å². The van der Waals surface area contributed by atoms with E-state index >= 15 is 0 Å². The molecule has 0 unspecified atom stereocenters. The van der Waals surface area contributed by atoms with E-state index in [0.29, 0.717) is 11.7 Å². The number of aromatic nitrogens is 2. The van der Waals surface area contributed by atoms with Gasteiger partial charge in [-0.05, 0) is 33.6 Å². The Morgan fingerprint density at radius 3 is 2.47 bits per heavy atom. The first-order valence-electron chi connectivity index (χ1n) is 6.81. The third kappa shape index (κ3) is 4.58. The lowest BCUT2D eigenvalue weighted by atomic mass is 10.00. The van der Waals surface area contributed by atoms with Gasteiger partial charge in [-0.15, -0.1) is 0 Å². The van der Waals surface area contributed by atoms with Crippen molar-refractivity contribution >= 4 is 11.8 Å². The summed E-state index contributed by atoms with van der Waals surface area (Å²) in [5.74, 6) is 0.577. The highest BCUT2D eigenvalue weighted by atomic mass is 16.6. The van der Waals surface area contributed by atoms with Gasteiger partial charge < -0.3 is 10.5 Å². The molecule has 108 valence electrons. The molecule has 0 aliphatic heterocycles. The molecular weight excluding hydrogens is 242 g/mol. The topological polar surface area (TPSA) is 70.1 Å². The molecule has 0 aromatic carbocycles. The molecule has 19 heavy (non-hydrogen) atoms. The van der Waals surface area contributed by atoms with Crippen LogP contribution in [0.15, 0.2) is 6.07 Å². The number of nitrogen functional groups attached to an aromatic ring is 1. The Kier molecular flexibility index (Phi) is 4.97. The quantitative estimate of drug-likeness (QED) is 0.833. The van der Waals surface area contributed by atoms with Gasteiger partial charge in [-0.2, -0.15) is 5.10 Å². The van der Waals surface area contributed by atoms with Gasteiger partial charge in [-0.1, -0.05) is 13.8 Å². The number of carbonyl (C=O) groups excluding carboxylic acids is 1. The Hall–Kier alpha value is -1.52. The highest BCUT2D eigenvalue weighted by Gasteiger charge is 2.19. The Balaban J connectivity index is 2.77. The van der Waals surface area contributed by atoms with Gasteiger partial charge in [0.1, 0.15) is 18.0 Å². The molecule has 2 N–H and O–H groups in total. The highest BCUT2D eigenvalue weighted by Crippen LogP contribution is 2.23. The monoisotopic (exact) mass is 267 g/mol. The second-order valence-corrected chi connectivity index (χ2v) is 5.75. The van der Waals surface area contributed by atoms with Crippen LogP contribution in [-0.2, 0) is 16.1 Å². The van der Waals surface area contributed by atoms with Gasteiger partial charge in [-0.25, -0.2) is 4.68 Å². The average Bonchev–Trinajstić information content (AvgIpc) is 2.59. The number of nitrogens with zero attached hydrogens (tertiary/aromatic N) is 2. The van der Waals surface area contributed by atoms with Crippen LogP contribution in [0.4, 0.5) is 5.82 Å². The van der Waals surface area contributed by atoms with Crippen molar-refractivity contribution in [2.45, 2.75) is 65.5 Å². The Morgan fingerprint density at radius 1 is 1.42 bits per heavy atom. The van der Waals surface area contributed by atoms with Crippen molar-refractivity contribution in [2.24, 2.45) is 0 Å². The van der Waals surface area contributed by atoms with Crippen molar-refractivity contribution < 1.29 is 9.53 Å². The molecule has 1 heterocycles. The SMILES string of the molecule is CCC(CC)c1cc(N)n(CC(=O)OC(C)(C)C)n1. The Labute approximate surface area is 115 Å². The van der Waals surface area contributed by atoms with Crippen LogP contribution in [0.3, 0.4) is 0 Å². The molecule has 0 amide bonds. The van der Waals surface area contributed by atoms with Crippen LogP contribution in [0.1, 0.15) is 59.1 Å². The van der Waals surface area contributed by atoms with Gasteiger partial charge in [0, 0.05) is 12.0 Å². The molecule has 0 saturated carbocycles. The van der Waals surface area contributed by atoms with Crippen LogP contribution in [0.5, 0.6) is 0 Å². The van der Waals surface area contributed by atoms with Gasteiger partial charge in [0.2, 0.25) is 0 Å². The van der Waals surface area contributed by atoms with Crippen LogP contribution in [0.25, 0.3) is 0 Å². The fourth-order valence-corrected chi connectivity index (χ4v) is 1.98. The molecule has 1 rings (SSSR count). The first kappa shape index (κ1) is 15.5. The molecule has 5 heteroatoms. The summed E-state index contributed by atoms with van der Waals surface area (Å²) >= 11 is 0. The van der Waals surface area contributed by atoms with E-state index in [9.17, 15) is 4.79 Å². The number of hydrogen-bond donors (Lipinski definition) is 1. The summed E-state index contributed by atoms with van der Waals surface area (Å²) in [5.41, 5.74) is 6.35. The molecule has 0 bridgehead atoms. The van der Waals surface area contributed by atoms with Crippen molar-refractivity contribution in [1.82, 2.24) is 9.78 Å². The summed E-state index contributed by atoms with van der Waals surface area (Å²) in [6.45, 7) is 9.82. The largest absolute Gasteiger partial charge is 0.459 e. The second-order valence-electron chi connectivity index (χ2n) is 5.75. The maximum atomic E-state index is 11.8. The number of anilines is 1. The summed E-state index contributed by atoms with van der Waals surface area (Å²) < 4.78 is 6.78. The molecule has 0 fully saturated rings. The van der Waals surface area contributed by atoms with E-state index in [1.165, 1.54) is 4.68 Å². The Morgan fingerprint density at radius 2 is 2.00 bits per heavy atom. The van der Waals surface area contributed by atoms with Gasteiger partial charge >= 0.3 is 5.97 Å². The number of carbonyl (C=O) groups is 1. The first-order valence-corrected chi connectivity index (χ1v) is 6.81. The number of rotatable bonds is 5. The molecule has 0 aliphatic rings. The van der Waals surface area contributed by atoms with Crippen molar-refractivity contribution in [3.63, 3.8) is 0 Å². The molecule has 1 aromatic heterocycles. The molecule has 1 aromatic rings. The van der Waals surface area contributed by atoms with Crippen molar-refractivity contribution in [3.8, 4) is 0 Å². The minimum Gasteiger partial charge on any atom is -0.459 e. The van der Waals surface area contributed by atoms with Gasteiger partial charge in [0.15, 0.2) is 0 Å². The zero-order valence-electron chi connectivity index (χ0n) is 12.6. The summed E-state index contributed by atoms with van der Waals surface area (Å²) in [6, 6.07) is 1.85. The fourth-order valence-electron chi connectivity index (χ4n) is 1.98. The molecule has 0 radical (unpaired) electrons. The van der Waals surface area contributed by atoms with E-state index in [-0.39, 0.29) is 12.5 Å². The van der Waals surface area contributed by atoms with Gasteiger partial charge in [0.05, 0.1) is 5.69 Å². The maximum absolute atomic E-state index is 11.8. The zero-order chi connectivity index (χ0) is 14.6. The molecule has 0 aliphatic carbocycles. The lowest BCUT2D eigenvalue weighted by molar-refractivity contribution is -0.155. The summed E-state index contributed by atoms with van der Waals surface area (Å²) in [5, 5.41) is 4.41. The third-order valence-corrected chi connectivity index (χ3v) is 2.93. The highest BCUT2D eigenvalue weighted by molar-refractivity contribution is 5.70. The van der Waals surface area contributed by atoms with Gasteiger partial charge in [0.25, 0.3) is 0 Å². The zero-order valence-corrected chi connectivity index (χ0v) is 12.6. The average molecular weight is 267 g/mol. The minimum absolute atomic E-state index is 0.0588. The van der Waals surface area contributed by atoms with Gasteiger partial charge in [-0.3, -0.25) is 4.79 Å². The lowest BCUT2D eigenvalue weighted by Gasteiger charge is -2.19. The van der Waals surface area contributed by atoms with Crippen molar-refractivity contribution in [2.75, 3.05) is 5.73 Å².